The summed E-state index contributed by atoms with van der Waals surface area (Å²) in [5.41, 5.74) is 3.87. The average molecular weight is 286 g/mol. The van der Waals surface area contributed by atoms with Crippen molar-refractivity contribution in [3.8, 4) is 0 Å². The van der Waals surface area contributed by atoms with E-state index < -0.39 is 23.2 Å². The van der Waals surface area contributed by atoms with Crippen LogP contribution >= 0.6 is 0 Å². The highest BCUT2D eigenvalue weighted by Gasteiger charge is 2.38. The molecule has 0 radical (unpaired) electrons. The topological polar surface area (TPSA) is 55.1 Å². The summed E-state index contributed by atoms with van der Waals surface area (Å²) in [6.07, 6.45) is -0.834. The molecule has 3 N–H and O–H groups in total. The summed E-state index contributed by atoms with van der Waals surface area (Å²) in [7, 11) is 0. The van der Waals surface area contributed by atoms with Crippen molar-refractivity contribution < 1.29 is 18.0 Å². The van der Waals surface area contributed by atoms with E-state index in [1.807, 2.05) is 0 Å². The Morgan fingerprint density at radius 3 is 2.35 bits per heavy atom. The quantitative estimate of drug-likeness (QED) is 0.876. The number of amides is 1. The standard InChI is InChI=1S/C14H17F3N2O/c15-14(16,17)10-6-2-3-7-11(10)19-12(20)13(18)8-4-1-5-9-13/h2-3,6-7H,1,4-5,8-9,18H2,(H,19,20). The van der Waals surface area contributed by atoms with E-state index >= 15 is 0 Å². The Hall–Kier alpha value is -1.56. The van der Waals surface area contributed by atoms with E-state index in [0.29, 0.717) is 12.8 Å². The van der Waals surface area contributed by atoms with Gasteiger partial charge in [-0.1, -0.05) is 31.4 Å². The minimum absolute atomic E-state index is 0.236. The molecule has 1 fully saturated rings. The molecule has 0 unspecified atom stereocenters. The summed E-state index contributed by atoms with van der Waals surface area (Å²) >= 11 is 0. The number of carbonyl (C=O) groups excluding carboxylic acids is 1. The smallest absolute Gasteiger partial charge is 0.324 e. The Balaban J connectivity index is 2.20. The lowest BCUT2D eigenvalue weighted by Gasteiger charge is -2.32. The first kappa shape index (κ1) is 14.8. The Kier molecular flexibility index (Phi) is 4.04. The van der Waals surface area contributed by atoms with Gasteiger partial charge in [0.25, 0.3) is 0 Å². The van der Waals surface area contributed by atoms with E-state index in [9.17, 15) is 18.0 Å². The van der Waals surface area contributed by atoms with Crippen LogP contribution in [0.2, 0.25) is 0 Å². The second-order valence-electron chi connectivity index (χ2n) is 5.21. The summed E-state index contributed by atoms with van der Waals surface area (Å²) in [5, 5.41) is 2.34. The molecular weight excluding hydrogens is 269 g/mol. The van der Waals surface area contributed by atoms with Gasteiger partial charge in [-0.05, 0) is 25.0 Å². The number of rotatable bonds is 2. The summed E-state index contributed by atoms with van der Waals surface area (Å²) in [5.74, 6) is -0.533. The maximum atomic E-state index is 12.9. The second kappa shape index (κ2) is 5.44. The SMILES string of the molecule is NC1(C(=O)Nc2ccccc2C(F)(F)F)CCCCC1. The first-order chi connectivity index (χ1) is 9.33. The van der Waals surface area contributed by atoms with Gasteiger partial charge in [0.05, 0.1) is 16.8 Å². The number of anilines is 1. The van der Waals surface area contributed by atoms with Crippen LogP contribution in [0.15, 0.2) is 24.3 Å². The van der Waals surface area contributed by atoms with Crippen LogP contribution in [0, 0.1) is 0 Å². The molecule has 1 amide bonds. The highest BCUT2D eigenvalue weighted by molar-refractivity contribution is 5.98. The molecule has 1 saturated carbocycles. The summed E-state index contributed by atoms with van der Waals surface area (Å²) < 4.78 is 38.6. The van der Waals surface area contributed by atoms with Crippen molar-refractivity contribution in [2.24, 2.45) is 5.73 Å². The van der Waals surface area contributed by atoms with Gasteiger partial charge >= 0.3 is 6.18 Å². The van der Waals surface area contributed by atoms with Crippen molar-refractivity contribution in [2.75, 3.05) is 5.32 Å². The van der Waals surface area contributed by atoms with Gasteiger partial charge in [0.15, 0.2) is 0 Å². The van der Waals surface area contributed by atoms with Gasteiger partial charge in [-0.2, -0.15) is 13.2 Å². The molecule has 0 heterocycles. The number of halogens is 3. The molecule has 2 rings (SSSR count). The van der Waals surface area contributed by atoms with Crippen molar-refractivity contribution in [3.63, 3.8) is 0 Å². The number of alkyl halides is 3. The van der Waals surface area contributed by atoms with Crippen LogP contribution in [0.3, 0.4) is 0 Å². The first-order valence-electron chi connectivity index (χ1n) is 6.59. The van der Waals surface area contributed by atoms with Gasteiger partial charge in [0, 0.05) is 0 Å². The zero-order valence-electron chi connectivity index (χ0n) is 11.0. The Bertz CT molecular complexity index is 493. The molecule has 0 bridgehead atoms. The largest absolute Gasteiger partial charge is 0.418 e. The molecule has 1 aliphatic rings. The lowest BCUT2D eigenvalue weighted by atomic mass is 9.82. The molecule has 0 aromatic heterocycles. The molecule has 110 valence electrons. The van der Waals surface area contributed by atoms with Crippen molar-refractivity contribution in [1.82, 2.24) is 0 Å². The molecule has 1 aromatic carbocycles. The van der Waals surface area contributed by atoms with E-state index in [4.69, 9.17) is 5.73 Å². The van der Waals surface area contributed by atoms with Crippen LogP contribution in [-0.2, 0) is 11.0 Å². The van der Waals surface area contributed by atoms with Crippen molar-refractivity contribution in [2.45, 2.75) is 43.8 Å². The molecule has 1 aliphatic carbocycles. The number of carbonyl (C=O) groups is 1. The van der Waals surface area contributed by atoms with Crippen LogP contribution in [0.1, 0.15) is 37.7 Å². The van der Waals surface area contributed by atoms with Crippen LogP contribution in [0.5, 0.6) is 0 Å². The Morgan fingerprint density at radius 2 is 1.75 bits per heavy atom. The third-order valence-corrected chi connectivity index (χ3v) is 3.68. The van der Waals surface area contributed by atoms with Crippen LogP contribution in [0.25, 0.3) is 0 Å². The number of hydrogen-bond donors (Lipinski definition) is 2. The van der Waals surface area contributed by atoms with E-state index in [1.165, 1.54) is 18.2 Å². The van der Waals surface area contributed by atoms with Gasteiger partial charge in [-0.25, -0.2) is 0 Å². The number of benzene rings is 1. The van der Waals surface area contributed by atoms with Gasteiger partial charge < -0.3 is 11.1 Å². The molecule has 0 spiro atoms. The predicted octanol–water partition coefficient (Wildman–Crippen LogP) is 3.31. The van der Waals surface area contributed by atoms with Crippen molar-refractivity contribution in [3.05, 3.63) is 29.8 Å². The maximum Gasteiger partial charge on any atom is 0.418 e. The summed E-state index contributed by atoms with van der Waals surface area (Å²) in [6.45, 7) is 0. The maximum absolute atomic E-state index is 12.9. The molecule has 0 aliphatic heterocycles. The highest BCUT2D eigenvalue weighted by Crippen LogP contribution is 2.35. The number of para-hydroxylation sites is 1. The monoisotopic (exact) mass is 286 g/mol. The van der Waals surface area contributed by atoms with E-state index in [2.05, 4.69) is 5.32 Å². The van der Waals surface area contributed by atoms with Crippen LogP contribution in [0.4, 0.5) is 18.9 Å². The number of nitrogens with one attached hydrogen (secondary N) is 1. The summed E-state index contributed by atoms with van der Waals surface area (Å²) in [6, 6.07) is 4.93. The zero-order valence-corrected chi connectivity index (χ0v) is 11.0. The number of hydrogen-bond acceptors (Lipinski definition) is 2. The van der Waals surface area contributed by atoms with Gasteiger partial charge in [-0.15, -0.1) is 0 Å². The molecule has 3 nitrogen and oxygen atoms in total. The molecule has 0 atom stereocenters. The minimum Gasteiger partial charge on any atom is -0.324 e. The fraction of sp³-hybridized carbons (Fsp3) is 0.500. The van der Waals surface area contributed by atoms with Gasteiger partial charge in [0.1, 0.15) is 0 Å². The Labute approximate surface area is 115 Å². The van der Waals surface area contributed by atoms with E-state index in [1.54, 1.807) is 0 Å². The fourth-order valence-electron chi connectivity index (χ4n) is 2.50. The lowest BCUT2D eigenvalue weighted by molar-refractivity contribution is -0.137. The van der Waals surface area contributed by atoms with Crippen LogP contribution < -0.4 is 11.1 Å². The third-order valence-electron chi connectivity index (χ3n) is 3.68. The second-order valence-corrected chi connectivity index (χ2v) is 5.21. The van der Waals surface area contributed by atoms with E-state index in [0.717, 1.165) is 25.3 Å². The predicted molar refractivity (Wildman–Crippen MR) is 70.1 cm³/mol. The molecule has 1 aromatic rings. The third kappa shape index (κ3) is 3.12. The minimum atomic E-state index is -4.50. The zero-order chi connectivity index (χ0) is 14.8. The van der Waals surface area contributed by atoms with Gasteiger partial charge in [0.2, 0.25) is 5.91 Å². The fourth-order valence-corrected chi connectivity index (χ4v) is 2.50. The van der Waals surface area contributed by atoms with E-state index in [-0.39, 0.29) is 5.69 Å². The lowest BCUT2D eigenvalue weighted by Crippen LogP contribution is -2.52. The number of nitrogens with two attached hydrogens (primary N) is 1. The van der Waals surface area contributed by atoms with Crippen molar-refractivity contribution in [1.29, 1.82) is 0 Å². The highest BCUT2D eigenvalue weighted by atomic mass is 19.4. The molecule has 0 saturated heterocycles. The molecule has 6 heteroatoms. The molecule has 20 heavy (non-hydrogen) atoms. The molecular formula is C14H17F3N2O. The van der Waals surface area contributed by atoms with Crippen molar-refractivity contribution >= 4 is 11.6 Å². The summed E-state index contributed by atoms with van der Waals surface area (Å²) in [4.78, 5) is 12.2. The Morgan fingerprint density at radius 1 is 1.15 bits per heavy atom. The normalized spacial score (nSPS) is 18.6. The van der Waals surface area contributed by atoms with Crippen LogP contribution in [-0.4, -0.2) is 11.4 Å². The first-order valence-corrected chi connectivity index (χ1v) is 6.59. The van der Waals surface area contributed by atoms with Gasteiger partial charge in [-0.3, -0.25) is 4.79 Å². The average Bonchev–Trinajstić information content (AvgIpc) is 2.39.